The standard InChI is InChI=1S/C18H34N2O/c1-14-4-3-8-18(10-14,12-19-16-5-6-16)13-20-9-7-17(21)15(2)11-20/h14-17,19,21H,3-13H2,1-2H3. The summed E-state index contributed by atoms with van der Waals surface area (Å²) < 4.78 is 0. The molecule has 3 fully saturated rings. The van der Waals surface area contributed by atoms with Crippen molar-refractivity contribution in [3.05, 3.63) is 0 Å². The molecule has 0 aromatic carbocycles. The molecule has 3 rings (SSSR count). The van der Waals surface area contributed by atoms with E-state index in [1.165, 1.54) is 51.6 Å². The van der Waals surface area contributed by atoms with Gasteiger partial charge in [0.1, 0.15) is 0 Å². The van der Waals surface area contributed by atoms with E-state index < -0.39 is 0 Å². The molecule has 2 saturated carbocycles. The summed E-state index contributed by atoms with van der Waals surface area (Å²) in [5.41, 5.74) is 0.488. The molecule has 0 aromatic rings. The number of hydrogen-bond acceptors (Lipinski definition) is 3. The normalized spacial score (nSPS) is 42.1. The first-order valence-corrected chi connectivity index (χ1v) is 9.20. The van der Waals surface area contributed by atoms with E-state index in [0.717, 1.165) is 31.5 Å². The zero-order valence-corrected chi connectivity index (χ0v) is 14.0. The molecule has 0 bridgehead atoms. The van der Waals surface area contributed by atoms with Crippen molar-refractivity contribution >= 4 is 0 Å². The van der Waals surface area contributed by atoms with Gasteiger partial charge in [0.05, 0.1) is 6.10 Å². The Morgan fingerprint density at radius 3 is 2.67 bits per heavy atom. The molecule has 1 saturated heterocycles. The van der Waals surface area contributed by atoms with E-state index in [1.807, 2.05) is 0 Å². The minimum Gasteiger partial charge on any atom is -0.393 e. The summed E-state index contributed by atoms with van der Waals surface area (Å²) in [6, 6.07) is 0.821. The van der Waals surface area contributed by atoms with Crippen LogP contribution in [-0.2, 0) is 0 Å². The molecular formula is C18H34N2O. The highest BCUT2D eigenvalue weighted by Crippen LogP contribution is 2.41. The van der Waals surface area contributed by atoms with Crippen molar-refractivity contribution in [2.24, 2.45) is 17.3 Å². The number of hydrogen-bond donors (Lipinski definition) is 2. The molecule has 4 atom stereocenters. The maximum absolute atomic E-state index is 9.95. The van der Waals surface area contributed by atoms with Crippen LogP contribution < -0.4 is 5.32 Å². The van der Waals surface area contributed by atoms with Gasteiger partial charge in [0, 0.05) is 32.2 Å². The summed E-state index contributed by atoms with van der Waals surface area (Å²) in [5.74, 6) is 1.32. The second-order valence-corrected chi connectivity index (χ2v) is 8.43. The van der Waals surface area contributed by atoms with Gasteiger partial charge in [-0.05, 0) is 49.4 Å². The molecule has 1 heterocycles. The van der Waals surface area contributed by atoms with Crippen LogP contribution in [0.15, 0.2) is 0 Å². The van der Waals surface area contributed by atoms with E-state index in [1.54, 1.807) is 0 Å². The predicted molar refractivity (Wildman–Crippen MR) is 87.3 cm³/mol. The van der Waals surface area contributed by atoms with E-state index in [-0.39, 0.29) is 6.10 Å². The molecule has 0 aromatic heterocycles. The van der Waals surface area contributed by atoms with E-state index in [2.05, 4.69) is 24.1 Å². The average Bonchev–Trinajstić information content (AvgIpc) is 3.25. The largest absolute Gasteiger partial charge is 0.393 e. The van der Waals surface area contributed by atoms with Gasteiger partial charge >= 0.3 is 0 Å². The molecule has 1 aliphatic heterocycles. The topological polar surface area (TPSA) is 35.5 Å². The average molecular weight is 294 g/mol. The summed E-state index contributed by atoms with van der Waals surface area (Å²) in [6.45, 7) is 9.28. The van der Waals surface area contributed by atoms with Crippen LogP contribution >= 0.6 is 0 Å². The zero-order valence-electron chi connectivity index (χ0n) is 14.0. The van der Waals surface area contributed by atoms with Gasteiger partial charge in [-0.25, -0.2) is 0 Å². The van der Waals surface area contributed by atoms with E-state index in [9.17, 15) is 5.11 Å². The van der Waals surface area contributed by atoms with Gasteiger partial charge in [-0.15, -0.1) is 0 Å². The zero-order chi connectivity index (χ0) is 14.9. The molecule has 3 nitrogen and oxygen atoms in total. The minimum atomic E-state index is -0.0768. The lowest BCUT2D eigenvalue weighted by Gasteiger charge is -2.46. The van der Waals surface area contributed by atoms with Gasteiger partial charge in [-0.3, -0.25) is 0 Å². The quantitative estimate of drug-likeness (QED) is 0.818. The molecule has 122 valence electrons. The summed E-state index contributed by atoms with van der Waals surface area (Å²) in [6.07, 6.45) is 9.26. The molecule has 3 aliphatic rings. The minimum absolute atomic E-state index is 0.0768. The maximum atomic E-state index is 9.95. The van der Waals surface area contributed by atoms with Crippen molar-refractivity contribution in [2.75, 3.05) is 26.2 Å². The fourth-order valence-corrected chi connectivity index (χ4v) is 4.61. The third kappa shape index (κ3) is 4.20. The Morgan fingerprint density at radius 1 is 1.19 bits per heavy atom. The molecule has 4 unspecified atom stereocenters. The summed E-state index contributed by atoms with van der Waals surface area (Å²) in [7, 11) is 0. The number of nitrogens with zero attached hydrogens (tertiary/aromatic N) is 1. The fraction of sp³-hybridized carbons (Fsp3) is 1.00. The Bertz CT molecular complexity index is 344. The number of rotatable bonds is 5. The fourth-order valence-electron chi connectivity index (χ4n) is 4.61. The summed E-state index contributed by atoms with van der Waals surface area (Å²) >= 11 is 0. The second-order valence-electron chi connectivity index (χ2n) is 8.43. The Hall–Kier alpha value is -0.120. The number of aliphatic hydroxyl groups is 1. The van der Waals surface area contributed by atoms with Crippen LogP contribution in [0.5, 0.6) is 0 Å². The molecule has 0 spiro atoms. The van der Waals surface area contributed by atoms with Crippen LogP contribution in [0.1, 0.15) is 58.8 Å². The first-order valence-electron chi connectivity index (χ1n) is 9.20. The predicted octanol–water partition coefficient (Wildman–Crippen LogP) is 2.64. The van der Waals surface area contributed by atoms with Crippen LogP contribution in [-0.4, -0.2) is 48.3 Å². The van der Waals surface area contributed by atoms with Gasteiger partial charge < -0.3 is 15.3 Å². The van der Waals surface area contributed by atoms with Crippen LogP contribution in [0, 0.1) is 17.3 Å². The number of likely N-dealkylation sites (tertiary alicyclic amines) is 1. The van der Waals surface area contributed by atoms with Crippen LogP contribution in [0.2, 0.25) is 0 Å². The molecule has 3 heteroatoms. The van der Waals surface area contributed by atoms with Crippen molar-refractivity contribution in [3.8, 4) is 0 Å². The molecule has 2 aliphatic carbocycles. The van der Waals surface area contributed by atoms with Crippen molar-refractivity contribution in [1.82, 2.24) is 10.2 Å². The highest BCUT2D eigenvalue weighted by Gasteiger charge is 2.39. The van der Waals surface area contributed by atoms with Crippen molar-refractivity contribution in [3.63, 3.8) is 0 Å². The Kier molecular flexibility index (Phi) is 4.92. The molecule has 2 N–H and O–H groups in total. The van der Waals surface area contributed by atoms with Gasteiger partial charge in [-0.2, -0.15) is 0 Å². The Morgan fingerprint density at radius 2 is 2.00 bits per heavy atom. The van der Waals surface area contributed by atoms with E-state index in [0.29, 0.717) is 11.3 Å². The van der Waals surface area contributed by atoms with E-state index >= 15 is 0 Å². The monoisotopic (exact) mass is 294 g/mol. The third-order valence-corrected chi connectivity index (χ3v) is 6.03. The maximum Gasteiger partial charge on any atom is 0.0590 e. The Labute approximate surface area is 130 Å². The lowest BCUT2D eigenvalue weighted by Crippen LogP contribution is -2.51. The van der Waals surface area contributed by atoms with E-state index in [4.69, 9.17) is 0 Å². The first kappa shape index (κ1) is 15.8. The van der Waals surface area contributed by atoms with Crippen molar-refractivity contribution in [1.29, 1.82) is 0 Å². The van der Waals surface area contributed by atoms with Crippen LogP contribution in [0.3, 0.4) is 0 Å². The number of aliphatic hydroxyl groups excluding tert-OH is 1. The van der Waals surface area contributed by atoms with Gasteiger partial charge in [-0.1, -0.05) is 26.7 Å². The van der Waals surface area contributed by atoms with Crippen molar-refractivity contribution < 1.29 is 5.11 Å². The lowest BCUT2D eigenvalue weighted by molar-refractivity contribution is 0.00338. The smallest absolute Gasteiger partial charge is 0.0590 e. The molecule has 0 amide bonds. The first-order chi connectivity index (χ1) is 10.1. The van der Waals surface area contributed by atoms with Gasteiger partial charge in [0.15, 0.2) is 0 Å². The molecular weight excluding hydrogens is 260 g/mol. The summed E-state index contributed by atoms with van der Waals surface area (Å²) in [4.78, 5) is 2.64. The highest BCUT2D eigenvalue weighted by atomic mass is 16.3. The highest BCUT2D eigenvalue weighted by molar-refractivity contribution is 4.94. The number of piperidine rings is 1. The van der Waals surface area contributed by atoms with Crippen LogP contribution in [0.25, 0.3) is 0 Å². The lowest BCUT2D eigenvalue weighted by atomic mass is 9.69. The molecule has 21 heavy (non-hydrogen) atoms. The third-order valence-electron chi connectivity index (χ3n) is 6.03. The Balaban J connectivity index is 1.60. The molecule has 0 radical (unpaired) electrons. The van der Waals surface area contributed by atoms with Crippen molar-refractivity contribution in [2.45, 2.75) is 70.9 Å². The summed E-state index contributed by atoms with van der Waals surface area (Å²) in [5, 5.41) is 13.8. The number of nitrogens with one attached hydrogen (secondary N) is 1. The van der Waals surface area contributed by atoms with Crippen LogP contribution in [0.4, 0.5) is 0 Å². The van der Waals surface area contributed by atoms with Gasteiger partial charge in [0.2, 0.25) is 0 Å². The van der Waals surface area contributed by atoms with Gasteiger partial charge in [0.25, 0.3) is 0 Å². The second kappa shape index (κ2) is 6.55. The SMILES string of the molecule is CC1CCCC(CNC2CC2)(CN2CCC(O)C(C)C2)C1.